The predicted octanol–water partition coefficient (Wildman–Crippen LogP) is 5.23. The molecule has 1 aliphatic rings. The highest BCUT2D eigenvalue weighted by Crippen LogP contribution is 2.35. The molecule has 4 nitrogen and oxygen atoms in total. The van der Waals surface area contributed by atoms with E-state index >= 15 is 0 Å². The van der Waals surface area contributed by atoms with Gasteiger partial charge in [-0.15, -0.1) is 0 Å². The van der Waals surface area contributed by atoms with Crippen LogP contribution in [-0.2, 0) is 17.8 Å². The minimum absolute atomic E-state index is 0.0294. The molecule has 0 aliphatic heterocycles. The Balaban J connectivity index is 1.49. The molecule has 5 heteroatoms. The van der Waals surface area contributed by atoms with Gasteiger partial charge in [-0.05, 0) is 48.6 Å². The minimum atomic E-state index is -0.374. The number of nitrogens with one attached hydrogen (secondary N) is 2. The summed E-state index contributed by atoms with van der Waals surface area (Å²) in [6.07, 6.45) is 2.63. The predicted molar refractivity (Wildman–Crippen MR) is 101 cm³/mol. The largest absolute Gasteiger partial charge is 0.445 e. The van der Waals surface area contributed by atoms with Gasteiger partial charge in [-0.25, -0.2) is 4.79 Å². The summed E-state index contributed by atoms with van der Waals surface area (Å²) >= 11 is 3.54. The fourth-order valence-electron chi connectivity index (χ4n) is 3.49. The molecule has 0 radical (unpaired) electrons. The first kappa shape index (κ1) is 16.2. The quantitative estimate of drug-likeness (QED) is 0.633. The van der Waals surface area contributed by atoms with E-state index in [1.807, 2.05) is 36.4 Å². The Hall–Kier alpha value is -2.27. The SMILES string of the molecule is O=C(NC1CCCc2c1[nH]c1ccc(Br)cc21)OCc1ccccc1. The van der Waals surface area contributed by atoms with Gasteiger partial charge < -0.3 is 15.0 Å². The van der Waals surface area contributed by atoms with Crippen molar-refractivity contribution in [2.45, 2.75) is 31.9 Å². The van der Waals surface area contributed by atoms with Crippen molar-refractivity contribution in [3.63, 3.8) is 0 Å². The summed E-state index contributed by atoms with van der Waals surface area (Å²) in [6.45, 7) is 0.284. The van der Waals surface area contributed by atoms with Crippen LogP contribution in [0.4, 0.5) is 4.79 Å². The maximum absolute atomic E-state index is 12.2. The van der Waals surface area contributed by atoms with E-state index in [-0.39, 0.29) is 18.7 Å². The molecule has 3 aromatic rings. The van der Waals surface area contributed by atoms with Crippen LogP contribution in [0.1, 0.15) is 35.7 Å². The van der Waals surface area contributed by atoms with E-state index in [0.717, 1.165) is 40.5 Å². The van der Waals surface area contributed by atoms with Crippen molar-refractivity contribution >= 4 is 32.9 Å². The van der Waals surface area contributed by atoms with Crippen molar-refractivity contribution in [3.05, 3.63) is 69.8 Å². The van der Waals surface area contributed by atoms with E-state index in [4.69, 9.17) is 4.74 Å². The van der Waals surface area contributed by atoms with Gasteiger partial charge >= 0.3 is 6.09 Å². The number of alkyl carbamates (subject to hydrolysis) is 1. The number of aromatic nitrogens is 1. The van der Waals surface area contributed by atoms with Gasteiger partial charge in [0.1, 0.15) is 6.61 Å². The standard InChI is InChI=1S/C20H19BrN2O2/c21-14-9-10-17-16(11-14)15-7-4-8-18(19(15)22-17)23-20(24)25-12-13-5-2-1-3-6-13/h1-3,5-6,9-11,18,22H,4,7-8,12H2,(H,23,24). The average Bonchev–Trinajstić information content (AvgIpc) is 3.00. The summed E-state index contributed by atoms with van der Waals surface area (Å²) in [4.78, 5) is 15.7. The smallest absolute Gasteiger partial charge is 0.408 e. The van der Waals surface area contributed by atoms with Gasteiger partial charge in [0.25, 0.3) is 0 Å². The molecule has 1 aromatic heterocycles. The second-order valence-corrected chi connectivity index (χ2v) is 7.27. The second kappa shape index (κ2) is 6.92. The van der Waals surface area contributed by atoms with E-state index in [2.05, 4.69) is 38.4 Å². The van der Waals surface area contributed by atoms with Crippen LogP contribution in [0.15, 0.2) is 53.0 Å². The Bertz CT molecular complexity index is 905. The number of halogens is 1. The Morgan fingerprint density at radius 2 is 2.08 bits per heavy atom. The zero-order valence-electron chi connectivity index (χ0n) is 13.7. The van der Waals surface area contributed by atoms with Gasteiger partial charge in [0, 0.05) is 21.1 Å². The number of amides is 1. The lowest BCUT2D eigenvalue weighted by atomic mass is 9.92. The molecule has 2 N–H and O–H groups in total. The fraction of sp³-hybridized carbons (Fsp3) is 0.250. The Morgan fingerprint density at radius 1 is 1.24 bits per heavy atom. The first-order chi connectivity index (χ1) is 12.2. The van der Waals surface area contributed by atoms with Crippen molar-refractivity contribution < 1.29 is 9.53 Å². The molecule has 1 aliphatic carbocycles. The fourth-order valence-corrected chi connectivity index (χ4v) is 3.85. The highest BCUT2D eigenvalue weighted by Gasteiger charge is 2.26. The summed E-state index contributed by atoms with van der Waals surface area (Å²) in [5.41, 5.74) is 4.50. The van der Waals surface area contributed by atoms with Crippen LogP contribution in [0, 0.1) is 0 Å². The van der Waals surface area contributed by atoms with Crippen LogP contribution in [0.25, 0.3) is 10.9 Å². The van der Waals surface area contributed by atoms with E-state index < -0.39 is 0 Å². The summed E-state index contributed by atoms with van der Waals surface area (Å²) in [6, 6.07) is 15.9. The maximum atomic E-state index is 12.2. The summed E-state index contributed by atoms with van der Waals surface area (Å²) in [5, 5.41) is 4.25. The van der Waals surface area contributed by atoms with E-state index in [9.17, 15) is 4.79 Å². The molecule has 1 heterocycles. The van der Waals surface area contributed by atoms with Crippen molar-refractivity contribution in [3.8, 4) is 0 Å². The topological polar surface area (TPSA) is 54.1 Å². The molecule has 0 bridgehead atoms. The van der Waals surface area contributed by atoms with E-state index in [0.29, 0.717) is 0 Å². The molecule has 0 fully saturated rings. The molecule has 0 spiro atoms. The number of aryl methyl sites for hydroxylation is 1. The van der Waals surface area contributed by atoms with Crippen molar-refractivity contribution in [2.24, 2.45) is 0 Å². The molecule has 4 rings (SSSR count). The molecule has 0 saturated carbocycles. The number of carbonyl (C=O) groups excluding carboxylic acids is 1. The number of carbonyl (C=O) groups is 1. The second-order valence-electron chi connectivity index (χ2n) is 6.36. The number of hydrogen-bond donors (Lipinski definition) is 2. The normalized spacial score (nSPS) is 16.4. The lowest BCUT2D eigenvalue weighted by molar-refractivity contribution is 0.134. The summed E-state index contributed by atoms with van der Waals surface area (Å²) < 4.78 is 6.44. The zero-order chi connectivity index (χ0) is 17.2. The molecular weight excluding hydrogens is 380 g/mol. The number of benzene rings is 2. The third kappa shape index (κ3) is 3.42. The van der Waals surface area contributed by atoms with Crippen LogP contribution < -0.4 is 5.32 Å². The van der Waals surface area contributed by atoms with Crippen LogP contribution in [-0.4, -0.2) is 11.1 Å². The summed E-state index contributed by atoms with van der Waals surface area (Å²) in [5.74, 6) is 0. The van der Waals surface area contributed by atoms with Gasteiger partial charge in [0.2, 0.25) is 0 Å². The van der Waals surface area contributed by atoms with Gasteiger partial charge in [0.05, 0.1) is 6.04 Å². The number of rotatable bonds is 3. The molecule has 128 valence electrons. The first-order valence-corrected chi connectivity index (χ1v) is 9.27. The van der Waals surface area contributed by atoms with Crippen molar-refractivity contribution in [1.82, 2.24) is 10.3 Å². The number of hydrogen-bond acceptors (Lipinski definition) is 2. The zero-order valence-corrected chi connectivity index (χ0v) is 15.3. The molecule has 1 atom stereocenters. The Labute approximate surface area is 154 Å². The van der Waals surface area contributed by atoms with Crippen molar-refractivity contribution in [2.75, 3.05) is 0 Å². The third-order valence-corrected chi connectivity index (χ3v) is 5.17. The Morgan fingerprint density at radius 3 is 2.92 bits per heavy atom. The highest BCUT2D eigenvalue weighted by molar-refractivity contribution is 9.10. The number of fused-ring (bicyclic) bond motifs is 3. The van der Waals surface area contributed by atoms with Crippen LogP contribution in [0.3, 0.4) is 0 Å². The van der Waals surface area contributed by atoms with E-state index in [1.165, 1.54) is 10.9 Å². The average molecular weight is 399 g/mol. The minimum Gasteiger partial charge on any atom is -0.445 e. The highest BCUT2D eigenvalue weighted by atomic mass is 79.9. The van der Waals surface area contributed by atoms with Gasteiger partial charge in [0.15, 0.2) is 0 Å². The van der Waals surface area contributed by atoms with Gasteiger partial charge in [-0.3, -0.25) is 0 Å². The molecule has 25 heavy (non-hydrogen) atoms. The number of ether oxygens (including phenoxy) is 1. The Kier molecular flexibility index (Phi) is 4.49. The molecular formula is C20H19BrN2O2. The van der Waals surface area contributed by atoms with Crippen LogP contribution in [0.5, 0.6) is 0 Å². The number of aromatic amines is 1. The van der Waals surface area contributed by atoms with Gasteiger partial charge in [-0.2, -0.15) is 0 Å². The molecule has 2 aromatic carbocycles. The molecule has 1 amide bonds. The number of H-pyrrole nitrogens is 1. The molecule has 0 saturated heterocycles. The lowest BCUT2D eigenvalue weighted by Gasteiger charge is -2.23. The van der Waals surface area contributed by atoms with Gasteiger partial charge in [-0.1, -0.05) is 46.3 Å². The summed E-state index contributed by atoms with van der Waals surface area (Å²) in [7, 11) is 0. The molecule has 1 unspecified atom stereocenters. The van der Waals surface area contributed by atoms with Crippen molar-refractivity contribution in [1.29, 1.82) is 0 Å². The first-order valence-electron chi connectivity index (χ1n) is 8.48. The van der Waals surface area contributed by atoms with E-state index in [1.54, 1.807) is 0 Å². The lowest BCUT2D eigenvalue weighted by Crippen LogP contribution is -2.31. The van der Waals surface area contributed by atoms with Crippen LogP contribution >= 0.6 is 15.9 Å². The third-order valence-electron chi connectivity index (χ3n) is 4.67. The maximum Gasteiger partial charge on any atom is 0.408 e. The monoisotopic (exact) mass is 398 g/mol. The van der Waals surface area contributed by atoms with Crippen LogP contribution in [0.2, 0.25) is 0 Å².